The van der Waals surface area contributed by atoms with Gasteiger partial charge in [-0.3, -0.25) is 4.79 Å². The first kappa shape index (κ1) is 20.6. The zero-order valence-electron chi connectivity index (χ0n) is 16.2. The Hall–Kier alpha value is -3.16. The van der Waals surface area contributed by atoms with Crippen molar-refractivity contribution < 1.29 is 33.0 Å². The molecule has 1 aliphatic rings. The Morgan fingerprint density at radius 1 is 1.24 bits per heavy atom. The summed E-state index contributed by atoms with van der Waals surface area (Å²) in [5.74, 6) is -3.43. The maximum Gasteiger partial charge on any atom is 0.331 e. The van der Waals surface area contributed by atoms with E-state index in [1.165, 1.54) is 25.3 Å². The maximum absolute atomic E-state index is 14.2. The van der Waals surface area contributed by atoms with Gasteiger partial charge in [-0.25, -0.2) is 13.6 Å². The summed E-state index contributed by atoms with van der Waals surface area (Å²) in [6, 6.07) is 6.37. The van der Waals surface area contributed by atoms with Crippen molar-refractivity contribution >= 4 is 11.9 Å². The summed E-state index contributed by atoms with van der Waals surface area (Å²) in [5.41, 5.74) is -0.182. The van der Waals surface area contributed by atoms with Crippen LogP contribution in [0.2, 0.25) is 0 Å². The number of fused-ring (bicyclic) bond motifs is 1. The molecule has 0 saturated heterocycles. The SMILES string of the molecule is COc1ccc2c(c1)OC(C(C)C)C(=O)N(Cc1c(F)cccc1F)C2C(=O)O. The molecular formula is C21H21F2NO5. The van der Waals surface area contributed by atoms with Crippen molar-refractivity contribution in [1.29, 1.82) is 0 Å². The Bertz CT molecular complexity index is 926. The lowest BCUT2D eigenvalue weighted by Crippen LogP contribution is -2.45. The van der Waals surface area contributed by atoms with E-state index in [-0.39, 0.29) is 22.8 Å². The van der Waals surface area contributed by atoms with E-state index in [0.29, 0.717) is 5.75 Å². The second-order valence-corrected chi connectivity index (χ2v) is 7.09. The van der Waals surface area contributed by atoms with Gasteiger partial charge in [0.25, 0.3) is 5.91 Å². The molecule has 0 aliphatic carbocycles. The number of carboxylic acid groups (broad SMARTS) is 1. The highest BCUT2D eigenvalue weighted by Gasteiger charge is 2.42. The summed E-state index contributed by atoms with van der Waals surface area (Å²) < 4.78 is 39.5. The van der Waals surface area contributed by atoms with Crippen molar-refractivity contribution in [3.63, 3.8) is 0 Å². The summed E-state index contributed by atoms with van der Waals surface area (Å²) in [5, 5.41) is 9.90. The van der Waals surface area contributed by atoms with Crippen LogP contribution in [0.1, 0.15) is 31.0 Å². The highest BCUT2D eigenvalue weighted by molar-refractivity contribution is 5.89. The van der Waals surface area contributed by atoms with Crippen LogP contribution in [0.3, 0.4) is 0 Å². The molecule has 1 N–H and O–H groups in total. The Balaban J connectivity index is 2.17. The predicted octanol–water partition coefficient (Wildman–Crippen LogP) is 3.54. The third kappa shape index (κ3) is 3.87. The number of benzene rings is 2. The van der Waals surface area contributed by atoms with Crippen molar-refractivity contribution in [2.75, 3.05) is 7.11 Å². The minimum absolute atomic E-state index is 0.181. The summed E-state index contributed by atoms with van der Waals surface area (Å²) in [7, 11) is 1.45. The molecule has 0 saturated carbocycles. The second-order valence-electron chi connectivity index (χ2n) is 7.09. The first-order chi connectivity index (χ1) is 13.7. The predicted molar refractivity (Wildman–Crippen MR) is 99.5 cm³/mol. The summed E-state index contributed by atoms with van der Waals surface area (Å²) in [4.78, 5) is 26.3. The maximum atomic E-state index is 14.2. The van der Waals surface area contributed by atoms with Crippen LogP contribution < -0.4 is 9.47 Å². The van der Waals surface area contributed by atoms with Gasteiger partial charge in [-0.15, -0.1) is 0 Å². The van der Waals surface area contributed by atoms with Gasteiger partial charge >= 0.3 is 5.97 Å². The Labute approximate surface area is 166 Å². The smallest absolute Gasteiger partial charge is 0.331 e. The van der Waals surface area contributed by atoms with Crippen LogP contribution in [0.25, 0.3) is 0 Å². The number of halogens is 2. The monoisotopic (exact) mass is 405 g/mol. The van der Waals surface area contributed by atoms with Crippen molar-refractivity contribution in [2.24, 2.45) is 5.92 Å². The van der Waals surface area contributed by atoms with E-state index in [4.69, 9.17) is 9.47 Å². The number of nitrogens with zero attached hydrogens (tertiary/aromatic N) is 1. The van der Waals surface area contributed by atoms with E-state index in [1.54, 1.807) is 19.9 Å². The van der Waals surface area contributed by atoms with Crippen molar-refractivity contribution in [3.05, 3.63) is 59.2 Å². The molecule has 29 heavy (non-hydrogen) atoms. The van der Waals surface area contributed by atoms with Gasteiger partial charge in [-0.05, 0) is 30.2 Å². The molecule has 0 fully saturated rings. The lowest BCUT2D eigenvalue weighted by atomic mass is 10.0. The Morgan fingerprint density at radius 2 is 1.90 bits per heavy atom. The van der Waals surface area contributed by atoms with Crippen LogP contribution in [-0.4, -0.2) is 35.1 Å². The number of carboxylic acids is 1. The minimum atomic E-state index is -1.48. The van der Waals surface area contributed by atoms with Crippen LogP contribution in [-0.2, 0) is 16.1 Å². The number of ether oxygens (including phenoxy) is 2. The van der Waals surface area contributed by atoms with E-state index < -0.39 is 42.2 Å². The lowest BCUT2D eigenvalue weighted by Gasteiger charge is -2.30. The molecule has 2 unspecified atom stereocenters. The van der Waals surface area contributed by atoms with Crippen molar-refractivity contribution in [3.8, 4) is 11.5 Å². The fourth-order valence-electron chi connectivity index (χ4n) is 3.33. The Kier molecular flexibility index (Phi) is 5.72. The van der Waals surface area contributed by atoms with Gasteiger partial charge in [0.05, 0.1) is 13.7 Å². The van der Waals surface area contributed by atoms with Crippen LogP contribution in [0, 0.1) is 17.6 Å². The molecule has 0 radical (unpaired) electrons. The normalized spacial score (nSPS) is 18.8. The molecule has 2 atom stereocenters. The first-order valence-corrected chi connectivity index (χ1v) is 9.05. The number of amides is 1. The summed E-state index contributed by atoms with van der Waals surface area (Å²) in [6.45, 7) is 2.93. The van der Waals surface area contributed by atoms with Gasteiger partial charge in [0.1, 0.15) is 23.1 Å². The highest BCUT2D eigenvalue weighted by Crippen LogP contribution is 2.39. The molecule has 0 bridgehead atoms. The van der Waals surface area contributed by atoms with E-state index in [0.717, 1.165) is 17.0 Å². The van der Waals surface area contributed by atoms with Crippen LogP contribution in [0.4, 0.5) is 8.78 Å². The van der Waals surface area contributed by atoms with Gasteiger partial charge in [-0.1, -0.05) is 19.9 Å². The van der Waals surface area contributed by atoms with E-state index >= 15 is 0 Å². The third-order valence-electron chi connectivity index (χ3n) is 4.84. The average molecular weight is 405 g/mol. The molecule has 6 nitrogen and oxygen atoms in total. The quantitative estimate of drug-likeness (QED) is 0.824. The summed E-state index contributed by atoms with van der Waals surface area (Å²) in [6.07, 6.45) is -1.03. The topological polar surface area (TPSA) is 76.1 Å². The number of hydrogen-bond acceptors (Lipinski definition) is 4. The molecule has 8 heteroatoms. The second kappa shape index (κ2) is 8.06. The molecule has 2 aromatic rings. The van der Waals surface area contributed by atoms with Gasteiger partial charge < -0.3 is 19.5 Å². The number of hydrogen-bond donors (Lipinski definition) is 1. The van der Waals surface area contributed by atoms with Gasteiger partial charge in [0.2, 0.25) is 0 Å². The van der Waals surface area contributed by atoms with Gasteiger partial charge in [0.15, 0.2) is 12.1 Å². The van der Waals surface area contributed by atoms with Crippen LogP contribution >= 0.6 is 0 Å². The highest BCUT2D eigenvalue weighted by atomic mass is 19.1. The van der Waals surface area contributed by atoms with Crippen LogP contribution in [0.15, 0.2) is 36.4 Å². The molecule has 0 aromatic heterocycles. The molecular weight excluding hydrogens is 384 g/mol. The molecule has 1 amide bonds. The minimum Gasteiger partial charge on any atom is -0.497 e. The zero-order chi connectivity index (χ0) is 21.3. The zero-order valence-corrected chi connectivity index (χ0v) is 16.2. The number of aliphatic carboxylic acids is 1. The molecule has 1 heterocycles. The van der Waals surface area contributed by atoms with Crippen LogP contribution in [0.5, 0.6) is 11.5 Å². The van der Waals surface area contributed by atoms with Crippen molar-refractivity contribution in [1.82, 2.24) is 4.90 Å². The average Bonchev–Trinajstić information content (AvgIpc) is 2.79. The number of carbonyl (C=O) groups excluding carboxylic acids is 1. The van der Waals surface area contributed by atoms with Gasteiger partial charge in [0, 0.05) is 17.2 Å². The summed E-state index contributed by atoms with van der Waals surface area (Å²) >= 11 is 0. The molecule has 154 valence electrons. The van der Waals surface area contributed by atoms with E-state index in [2.05, 4.69) is 0 Å². The molecule has 0 spiro atoms. The number of carbonyl (C=O) groups is 2. The van der Waals surface area contributed by atoms with E-state index in [1.807, 2.05) is 0 Å². The Morgan fingerprint density at radius 3 is 2.45 bits per heavy atom. The molecule has 2 aromatic carbocycles. The van der Waals surface area contributed by atoms with E-state index in [9.17, 15) is 23.5 Å². The number of methoxy groups -OCH3 is 1. The van der Waals surface area contributed by atoms with Crippen molar-refractivity contribution in [2.45, 2.75) is 32.5 Å². The standard InChI is InChI=1S/C21H21F2NO5/c1-11(2)19-20(25)24(10-14-15(22)5-4-6-16(14)23)18(21(26)27)13-8-7-12(28-3)9-17(13)29-19/h4-9,11,18-19H,10H2,1-3H3,(H,26,27). The number of rotatable bonds is 5. The molecule has 3 rings (SSSR count). The fraction of sp³-hybridized carbons (Fsp3) is 0.333. The third-order valence-corrected chi connectivity index (χ3v) is 4.84. The largest absolute Gasteiger partial charge is 0.497 e. The fourth-order valence-corrected chi connectivity index (χ4v) is 3.33. The lowest BCUT2D eigenvalue weighted by molar-refractivity contribution is -0.154. The van der Waals surface area contributed by atoms with Gasteiger partial charge in [-0.2, -0.15) is 0 Å². The molecule has 1 aliphatic heterocycles. The first-order valence-electron chi connectivity index (χ1n) is 9.05.